The van der Waals surface area contributed by atoms with Gasteiger partial charge in [-0.25, -0.2) is 4.39 Å². The Bertz CT molecular complexity index is 629. The first-order chi connectivity index (χ1) is 12.1. The van der Waals surface area contributed by atoms with E-state index >= 15 is 0 Å². The van der Waals surface area contributed by atoms with Crippen molar-refractivity contribution in [2.24, 2.45) is 17.8 Å². The Hall–Kier alpha value is -1.64. The largest absolute Gasteiger partial charge is 0.491 e. The minimum absolute atomic E-state index is 0.0153. The molecule has 0 aliphatic heterocycles. The highest BCUT2D eigenvalue weighted by Crippen LogP contribution is 2.43. The minimum Gasteiger partial charge on any atom is -0.491 e. The van der Waals surface area contributed by atoms with Gasteiger partial charge in [-0.15, -0.1) is 6.58 Å². The summed E-state index contributed by atoms with van der Waals surface area (Å²) >= 11 is 0. The Kier molecular flexibility index (Phi) is 5.93. The van der Waals surface area contributed by atoms with E-state index in [9.17, 15) is 8.78 Å². The summed E-state index contributed by atoms with van der Waals surface area (Å²) in [5.74, 6) is 0.408. The van der Waals surface area contributed by atoms with Gasteiger partial charge in [0, 0.05) is 0 Å². The Morgan fingerprint density at radius 1 is 1.04 bits per heavy atom. The molecule has 3 rings (SSSR count). The van der Waals surface area contributed by atoms with E-state index in [0.717, 1.165) is 25.7 Å². The zero-order chi connectivity index (χ0) is 17.8. The molecule has 2 aliphatic carbocycles. The van der Waals surface area contributed by atoms with E-state index in [1.54, 1.807) is 19.1 Å². The number of halogens is 2. The van der Waals surface area contributed by atoms with Crippen LogP contribution in [0.5, 0.6) is 5.75 Å². The maximum Gasteiger partial charge on any atom is 0.200 e. The smallest absolute Gasteiger partial charge is 0.200 e. The van der Waals surface area contributed by atoms with Crippen LogP contribution < -0.4 is 4.74 Å². The van der Waals surface area contributed by atoms with Crippen LogP contribution in [0.15, 0.2) is 36.9 Å². The molecule has 136 valence electrons. The number of allylic oxidation sites excluding steroid dienone is 3. The molecule has 2 unspecified atom stereocenters. The van der Waals surface area contributed by atoms with E-state index in [4.69, 9.17) is 4.74 Å². The molecular formula is C22H28F2O. The SMILES string of the molecule is C=CC1C=CC(C2CCC(c3ccc(OCC)c(F)c3F)CC2)CC1. The summed E-state index contributed by atoms with van der Waals surface area (Å²) in [6.07, 6.45) is 13.1. The molecule has 0 amide bonds. The molecule has 2 atom stereocenters. The summed E-state index contributed by atoms with van der Waals surface area (Å²) in [6.45, 7) is 5.98. The first-order valence-corrected chi connectivity index (χ1v) is 9.55. The summed E-state index contributed by atoms with van der Waals surface area (Å²) in [7, 11) is 0. The number of hydrogen-bond donors (Lipinski definition) is 0. The normalized spacial score (nSPS) is 29.4. The summed E-state index contributed by atoms with van der Waals surface area (Å²) in [5, 5.41) is 0. The molecule has 2 aliphatic rings. The van der Waals surface area contributed by atoms with Crippen LogP contribution in [-0.2, 0) is 0 Å². The molecule has 0 saturated heterocycles. The molecule has 0 heterocycles. The molecule has 0 spiro atoms. The zero-order valence-electron chi connectivity index (χ0n) is 15.0. The third-order valence-electron chi connectivity index (χ3n) is 5.94. The number of rotatable bonds is 5. The van der Waals surface area contributed by atoms with Crippen LogP contribution in [-0.4, -0.2) is 6.61 Å². The first kappa shape index (κ1) is 18.2. The Labute approximate surface area is 149 Å². The van der Waals surface area contributed by atoms with Gasteiger partial charge in [-0.3, -0.25) is 0 Å². The lowest BCUT2D eigenvalue weighted by atomic mass is 9.70. The van der Waals surface area contributed by atoms with Crippen LogP contribution in [0.2, 0.25) is 0 Å². The molecule has 1 nitrogen and oxygen atoms in total. The topological polar surface area (TPSA) is 9.23 Å². The average molecular weight is 346 g/mol. The van der Waals surface area contributed by atoms with E-state index in [-0.39, 0.29) is 11.7 Å². The highest BCUT2D eigenvalue weighted by Gasteiger charge is 2.30. The standard InChI is InChI=1S/C22H28F2O/c1-3-15-5-7-16(8-6-15)17-9-11-18(12-10-17)19-13-14-20(25-4-2)22(24)21(19)23/h3,5,7,13-18H,1,4,6,8-12H2,2H3. The summed E-state index contributed by atoms with van der Waals surface area (Å²) in [5.41, 5.74) is 0.519. The monoisotopic (exact) mass is 346 g/mol. The number of benzene rings is 1. The third-order valence-corrected chi connectivity index (χ3v) is 5.94. The first-order valence-electron chi connectivity index (χ1n) is 9.55. The highest BCUT2D eigenvalue weighted by molar-refractivity contribution is 5.33. The molecule has 0 N–H and O–H groups in total. The molecule has 1 aromatic rings. The molecule has 0 bridgehead atoms. The van der Waals surface area contributed by atoms with Crippen molar-refractivity contribution >= 4 is 0 Å². The molecule has 1 aromatic carbocycles. The van der Waals surface area contributed by atoms with Crippen LogP contribution in [0.1, 0.15) is 56.9 Å². The van der Waals surface area contributed by atoms with Gasteiger partial charge in [0.2, 0.25) is 5.82 Å². The van der Waals surface area contributed by atoms with E-state index in [1.807, 2.05) is 6.08 Å². The molecule has 1 fully saturated rings. The van der Waals surface area contributed by atoms with Crippen molar-refractivity contribution < 1.29 is 13.5 Å². The van der Waals surface area contributed by atoms with Gasteiger partial charge in [0.15, 0.2) is 11.6 Å². The minimum atomic E-state index is -0.841. The van der Waals surface area contributed by atoms with Crippen molar-refractivity contribution in [3.8, 4) is 5.75 Å². The van der Waals surface area contributed by atoms with Crippen LogP contribution in [0, 0.1) is 29.4 Å². The van der Waals surface area contributed by atoms with Crippen LogP contribution in [0.3, 0.4) is 0 Å². The van der Waals surface area contributed by atoms with Gasteiger partial charge in [0.05, 0.1) is 6.61 Å². The van der Waals surface area contributed by atoms with Crippen molar-refractivity contribution in [1.29, 1.82) is 0 Å². The molecule has 0 aromatic heterocycles. The van der Waals surface area contributed by atoms with Crippen molar-refractivity contribution in [1.82, 2.24) is 0 Å². The lowest BCUT2D eigenvalue weighted by Gasteiger charge is -2.35. The Balaban J connectivity index is 1.63. The van der Waals surface area contributed by atoms with Gasteiger partial charge in [-0.2, -0.15) is 4.39 Å². The van der Waals surface area contributed by atoms with Crippen LogP contribution in [0.4, 0.5) is 8.78 Å². The van der Waals surface area contributed by atoms with E-state index in [1.165, 1.54) is 12.8 Å². The number of ether oxygens (including phenoxy) is 1. The Morgan fingerprint density at radius 2 is 1.80 bits per heavy atom. The third kappa shape index (κ3) is 3.96. The predicted octanol–water partition coefficient (Wildman–Crippen LogP) is 6.41. The van der Waals surface area contributed by atoms with Gasteiger partial charge < -0.3 is 4.74 Å². The van der Waals surface area contributed by atoms with Gasteiger partial charge in [-0.05, 0) is 80.8 Å². The fourth-order valence-corrected chi connectivity index (χ4v) is 4.44. The zero-order valence-corrected chi connectivity index (χ0v) is 15.0. The summed E-state index contributed by atoms with van der Waals surface area (Å²) in [4.78, 5) is 0. The molecular weight excluding hydrogens is 318 g/mol. The van der Waals surface area contributed by atoms with Gasteiger partial charge >= 0.3 is 0 Å². The maximum atomic E-state index is 14.4. The Morgan fingerprint density at radius 3 is 2.40 bits per heavy atom. The molecule has 1 saturated carbocycles. The van der Waals surface area contributed by atoms with Gasteiger partial charge in [-0.1, -0.05) is 24.3 Å². The van der Waals surface area contributed by atoms with E-state index < -0.39 is 11.6 Å². The fourth-order valence-electron chi connectivity index (χ4n) is 4.44. The summed E-state index contributed by atoms with van der Waals surface area (Å²) in [6, 6.07) is 3.28. The van der Waals surface area contributed by atoms with Crippen molar-refractivity contribution in [3.63, 3.8) is 0 Å². The highest BCUT2D eigenvalue weighted by atomic mass is 19.2. The second-order valence-corrected chi connectivity index (χ2v) is 7.35. The molecule has 3 heteroatoms. The lowest BCUT2D eigenvalue weighted by Crippen LogP contribution is -2.22. The lowest BCUT2D eigenvalue weighted by molar-refractivity contribution is 0.241. The van der Waals surface area contributed by atoms with Crippen LogP contribution in [0.25, 0.3) is 0 Å². The van der Waals surface area contributed by atoms with E-state index in [0.29, 0.717) is 29.9 Å². The van der Waals surface area contributed by atoms with Crippen molar-refractivity contribution in [3.05, 3.63) is 54.1 Å². The second-order valence-electron chi connectivity index (χ2n) is 7.35. The van der Waals surface area contributed by atoms with E-state index in [2.05, 4.69) is 18.7 Å². The maximum absolute atomic E-state index is 14.4. The number of hydrogen-bond acceptors (Lipinski definition) is 1. The van der Waals surface area contributed by atoms with Gasteiger partial charge in [0.1, 0.15) is 0 Å². The molecule has 25 heavy (non-hydrogen) atoms. The fraction of sp³-hybridized carbons (Fsp3) is 0.545. The van der Waals surface area contributed by atoms with Crippen molar-refractivity contribution in [2.45, 2.75) is 51.4 Å². The predicted molar refractivity (Wildman–Crippen MR) is 97.8 cm³/mol. The van der Waals surface area contributed by atoms with Gasteiger partial charge in [0.25, 0.3) is 0 Å². The second kappa shape index (κ2) is 8.16. The average Bonchev–Trinajstić information content (AvgIpc) is 2.66. The molecule has 0 radical (unpaired) electrons. The van der Waals surface area contributed by atoms with Crippen LogP contribution >= 0.6 is 0 Å². The quantitative estimate of drug-likeness (QED) is 0.560. The van der Waals surface area contributed by atoms with Crippen molar-refractivity contribution in [2.75, 3.05) is 6.61 Å². The summed E-state index contributed by atoms with van der Waals surface area (Å²) < 4.78 is 33.7.